The lowest BCUT2D eigenvalue weighted by atomic mass is 9.74. The van der Waals surface area contributed by atoms with Crippen LogP contribution >= 0.6 is 0 Å². The van der Waals surface area contributed by atoms with Gasteiger partial charge in [-0.2, -0.15) is 0 Å². The van der Waals surface area contributed by atoms with Gasteiger partial charge in [-0.15, -0.1) is 0 Å². The zero-order valence-electron chi connectivity index (χ0n) is 30.6. The fraction of sp³-hybridized carbons (Fsp3) is 0.912. The fourth-order valence-corrected chi connectivity index (χ4v) is 7.36. The number of aliphatic hydroxyl groups is 2. The third kappa shape index (κ3) is 9.50. The number of nitrogens with two attached hydrogens (primary N) is 1. The molecule has 2 aliphatic rings. The lowest BCUT2D eigenvalue weighted by Crippen LogP contribution is -2.61. The average Bonchev–Trinajstić information content (AvgIpc) is 3.02. The highest BCUT2D eigenvalue weighted by Crippen LogP contribution is 2.40. The Kier molecular flexibility index (Phi) is 15.3. The summed E-state index contributed by atoms with van der Waals surface area (Å²) in [6.45, 7) is 13.5. The van der Waals surface area contributed by atoms with Gasteiger partial charge in [-0.05, 0) is 61.1 Å². The third-order valence-corrected chi connectivity index (χ3v) is 10.3. The number of likely N-dealkylation sites (N-methyl/N-ethyl adjacent to an activating group) is 1. The van der Waals surface area contributed by atoms with Crippen molar-refractivity contribution < 1.29 is 53.0 Å². The van der Waals surface area contributed by atoms with Crippen LogP contribution in [-0.4, -0.2) is 128 Å². The van der Waals surface area contributed by atoms with Crippen molar-refractivity contribution in [3.8, 4) is 0 Å². The number of esters is 2. The summed E-state index contributed by atoms with van der Waals surface area (Å²) in [7, 11) is 7.01. The molecule has 0 unspecified atom stereocenters. The van der Waals surface area contributed by atoms with Crippen molar-refractivity contribution in [2.45, 2.75) is 141 Å². The van der Waals surface area contributed by atoms with Gasteiger partial charge in [0.2, 0.25) is 0 Å². The van der Waals surface area contributed by atoms with Gasteiger partial charge in [0.15, 0.2) is 6.29 Å². The van der Waals surface area contributed by atoms with Crippen LogP contribution in [0.2, 0.25) is 0 Å². The van der Waals surface area contributed by atoms with Crippen molar-refractivity contribution in [2.24, 2.45) is 29.4 Å². The smallest absolute Gasteiger partial charge is 0.312 e. The number of carbonyl (C=O) groups excluding carboxylic acids is 3. The number of ketones is 1. The second kappa shape index (κ2) is 17.3. The number of aliphatic hydroxyl groups excluding tert-OH is 1. The monoisotopic (exact) mass is 674 g/mol. The standard InChI is InChI=1S/C34H62N2O11/c1-13-24-34(8,41)29(39)20(4)26(38)18(2)17-33(7,43-12)30(47-32-28(42-11)23(36(9)10)16-19(3)44-32)21(5)27(22(6)31(40)45-24)46-25(37)14-15-35/h18-24,27-30,32,39,41H,13-17,35H2,1-12H3/t18-,19-,20+,21+,22-,23+,24-,27+,28-,29-,30-,32+,33+,34-/m1/s1. The summed E-state index contributed by atoms with van der Waals surface area (Å²) >= 11 is 0. The molecule has 2 aliphatic heterocycles. The minimum absolute atomic E-state index is 0.0419. The molecule has 0 bridgehead atoms. The van der Waals surface area contributed by atoms with E-state index < -0.39 is 83.6 Å². The van der Waals surface area contributed by atoms with E-state index in [-0.39, 0.29) is 43.7 Å². The molecule has 0 radical (unpaired) electrons. The molecule has 2 rings (SSSR count). The first-order chi connectivity index (χ1) is 21.8. The predicted molar refractivity (Wildman–Crippen MR) is 174 cm³/mol. The number of rotatable bonds is 9. The van der Waals surface area contributed by atoms with Gasteiger partial charge in [0.1, 0.15) is 29.7 Å². The molecule has 13 nitrogen and oxygen atoms in total. The van der Waals surface area contributed by atoms with Crippen molar-refractivity contribution >= 4 is 17.7 Å². The van der Waals surface area contributed by atoms with E-state index in [0.29, 0.717) is 6.42 Å². The maximum atomic E-state index is 13.8. The first-order valence-electron chi connectivity index (χ1n) is 16.9. The van der Waals surface area contributed by atoms with Gasteiger partial charge in [-0.25, -0.2) is 0 Å². The molecular formula is C34H62N2O11. The van der Waals surface area contributed by atoms with Gasteiger partial charge in [0, 0.05) is 44.6 Å². The number of hydrogen-bond donors (Lipinski definition) is 3. The summed E-state index contributed by atoms with van der Waals surface area (Å²) in [5.41, 5.74) is 2.50. The normalized spacial score (nSPS) is 42.9. The molecule has 4 N–H and O–H groups in total. The quantitative estimate of drug-likeness (QED) is 0.303. The van der Waals surface area contributed by atoms with E-state index >= 15 is 0 Å². The first kappa shape index (κ1) is 41.5. The van der Waals surface area contributed by atoms with Crippen LogP contribution < -0.4 is 5.73 Å². The number of ether oxygens (including phenoxy) is 6. The molecule has 0 aromatic carbocycles. The van der Waals surface area contributed by atoms with E-state index in [2.05, 4.69) is 4.90 Å². The van der Waals surface area contributed by atoms with E-state index in [1.807, 2.05) is 21.0 Å². The van der Waals surface area contributed by atoms with Gasteiger partial charge >= 0.3 is 11.9 Å². The lowest BCUT2D eigenvalue weighted by molar-refractivity contribution is -0.305. The van der Waals surface area contributed by atoms with Crippen molar-refractivity contribution in [3.63, 3.8) is 0 Å². The number of nitrogens with zero attached hydrogens (tertiary/aromatic N) is 1. The first-order valence-corrected chi connectivity index (χ1v) is 16.9. The number of carbonyl (C=O) groups is 3. The Balaban J connectivity index is 2.79. The Morgan fingerprint density at radius 3 is 2.19 bits per heavy atom. The number of methoxy groups -OCH3 is 2. The minimum atomic E-state index is -1.95. The van der Waals surface area contributed by atoms with Crippen LogP contribution in [0.3, 0.4) is 0 Å². The van der Waals surface area contributed by atoms with Gasteiger partial charge in [0.25, 0.3) is 0 Å². The minimum Gasteiger partial charge on any atom is -0.461 e. The highest BCUT2D eigenvalue weighted by molar-refractivity contribution is 5.83. The number of hydrogen-bond acceptors (Lipinski definition) is 13. The summed E-state index contributed by atoms with van der Waals surface area (Å²) in [6, 6.07) is -0.0509. The van der Waals surface area contributed by atoms with Gasteiger partial charge in [-0.3, -0.25) is 14.4 Å². The highest BCUT2D eigenvalue weighted by Gasteiger charge is 2.53. The van der Waals surface area contributed by atoms with E-state index in [4.69, 9.17) is 34.2 Å². The van der Waals surface area contributed by atoms with Crippen LogP contribution in [0.1, 0.15) is 81.1 Å². The molecule has 0 spiro atoms. The molecular weight excluding hydrogens is 612 g/mol. The largest absolute Gasteiger partial charge is 0.461 e. The molecule has 2 fully saturated rings. The van der Waals surface area contributed by atoms with Gasteiger partial charge < -0.3 is 49.3 Å². The summed E-state index contributed by atoms with van der Waals surface area (Å²) < 4.78 is 37.1. The summed E-state index contributed by atoms with van der Waals surface area (Å²) in [6.07, 6.45) is -5.40. The molecule has 0 aliphatic carbocycles. The van der Waals surface area contributed by atoms with Crippen LogP contribution in [0.15, 0.2) is 0 Å². The van der Waals surface area contributed by atoms with Crippen molar-refractivity contribution in [2.75, 3.05) is 34.9 Å². The second-order valence-corrected chi connectivity index (χ2v) is 14.3. The molecule has 2 saturated heterocycles. The number of cyclic esters (lactones) is 1. The molecule has 0 saturated carbocycles. The third-order valence-electron chi connectivity index (χ3n) is 10.3. The molecule has 0 amide bonds. The van der Waals surface area contributed by atoms with Crippen LogP contribution in [0, 0.1) is 23.7 Å². The molecule has 2 heterocycles. The van der Waals surface area contributed by atoms with Gasteiger partial charge in [-0.1, -0.05) is 27.7 Å². The summed E-state index contributed by atoms with van der Waals surface area (Å²) in [5.74, 6) is -5.12. The molecule has 13 heteroatoms. The van der Waals surface area contributed by atoms with E-state index in [0.717, 1.165) is 0 Å². The van der Waals surface area contributed by atoms with Crippen LogP contribution in [0.4, 0.5) is 0 Å². The number of Topliss-reactive ketones (excluding diaryl/α,β-unsaturated/α-hetero) is 1. The van der Waals surface area contributed by atoms with Crippen molar-refractivity contribution in [1.82, 2.24) is 4.90 Å². The Morgan fingerprint density at radius 2 is 1.68 bits per heavy atom. The Hall–Kier alpha value is -1.71. The molecule has 14 atom stereocenters. The zero-order chi connectivity index (χ0) is 36.0. The lowest BCUT2D eigenvalue weighted by Gasteiger charge is -2.49. The van der Waals surface area contributed by atoms with E-state index in [1.54, 1.807) is 48.7 Å². The van der Waals surface area contributed by atoms with Crippen LogP contribution in [0.5, 0.6) is 0 Å². The van der Waals surface area contributed by atoms with Crippen molar-refractivity contribution in [1.29, 1.82) is 0 Å². The van der Waals surface area contributed by atoms with Crippen LogP contribution in [-0.2, 0) is 42.8 Å². The second-order valence-electron chi connectivity index (χ2n) is 14.3. The predicted octanol–water partition coefficient (Wildman–Crippen LogP) is 2.07. The maximum absolute atomic E-state index is 13.8. The van der Waals surface area contributed by atoms with E-state index in [9.17, 15) is 24.6 Å². The summed E-state index contributed by atoms with van der Waals surface area (Å²) in [5, 5.41) is 22.8. The molecule has 274 valence electrons. The van der Waals surface area contributed by atoms with E-state index in [1.165, 1.54) is 14.0 Å². The average molecular weight is 675 g/mol. The maximum Gasteiger partial charge on any atom is 0.312 e. The zero-order valence-corrected chi connectivity index (χ0v) is 30.6. The van der Waals surface area contributed by atoms with Crippen molar-refractivity contribution in [3.05, 3.63) is 0 Å². The Morgan fingerprint density at radius 1 is 1.06 bits per heavy atom. The van der Waals surface area contributed by atoms with Crippen LogP contribution in [0.25, 0.3) is 0 Å². The highest BCUT2D eigenvalue weighted by atomic mass is 16.7. The molecule has 47 heavy (non-hydrogen) atoms. The van der Waals surface area contributed by atoms with Gasteiger partial charge in [0.05, 0.1) is 36.3 Å². The Labute approximate surface area is 281 Å². The molecule has 0 aromatic rings. The SMILES string of the molecule is CC[C@H]1OC(=O)[C@H](C)[C@@H](OC(=O)CCN)[C@H](C)[C@@H](O[C@@H]2O[C@H](C)C[C@H](N(C)C)[C@H]2OC)[C@@](C)(OC)C[C@@H](C)C(=O)[C@H](C)[C@@H](O)[C@]1(C)O. The fourth-order valence-electron chi connectivity index (χ4n) is 7.36. The molecule has 0 aromatic heterocycles. The summed E-state index contributed by atoms with van der Waals surface area (Å²) in [4.78, 5) is 42.7. The topological polar surface area (TPSA) is 176 Å². The Bertz CT molecular complexity index is 1040.